The van der Waals surface area contributed by atoms with Gasteiger partial charge in [-0.3, -0.25) is 0 Å². The highest BCUT2D eigenvalue weighted by Crippen LogP contribution is 2.13. The summed E-state index contributed by atoms with van der Waals surface area (Å²) in [6, 6.07) is 4.58. The maximum Gasteiger partial charge on any atom is 0.144 e. The Morgan fingerprint density at radius 3 is 2.50 bits per heavy atom. The van der Waals surface area contributed by atoms with E-state index in [1.54, 1.807) is 6.07 Å². The smallest absolute Gasteiger partial charge is 0.144 e. The van der Waals surface area contributed by atoms with Crippen LogP contribution in [0.3, 0.4) is 0 Å². The van der Waals surface area contributed by atoms with Crippen LogP contribution in [-0.4, -0.2) is 15.2 Å². The summed E-state index contributed by atoms with van der Waals surface area (Å²) in [7, 11) is -1.31. The Hall–Kier alpha value is -0.300. The molecule has 0 amide bonds. The van der Waals surface area contributed by atoms with Gasteiger partial charge in [-0.05, 0) is 67.1 Å². The maximum atomic E-state index is 13.0. The van der Waals surface area contributed by atoms with E-state index in [9.17, 15) is 8.60 Å². The molecule has 1 aromatic carbocycles. The normalized spacial score (nSPS) is 14.3. The second kappa shape index (κ2) is 5.35. The number of nitrogens with zero attached hydrogens (tertiary/aromatic N) is 1. The Bertz CT molecular complexity index is 420. The van der Waals surface area contributed by atoms with Crippen molar-refractivity contribution in [3.05, 3.63) is 33.1 Å². The van der Waals surface area contributed by atoms with E-state index in [1.807, 2.05) is 43.4 Å². The summed E-state index contributed by atoms with van der Waals surface area (Å²) in [5.41, 5.74) is 0.627. The molecule has 0 saturated carbocycles. The first-order valence-electron chi connectivity index (χ1n) is 4.71. The van der Waals surface area contributed by atoms with Crippen molar-refractivity contribution in [2.75, 3.05) is 0 Å². The number of hydrogen-bond donors (Lipinski definition) is 0. The van der Waals surface area contributed by atoms with Crippen LogP contribution in [0.2, 0.25) is 0 Å². The fourth-order valence-corrected chi connectivity index (χ4v) is 2.11. The molecule has 0 aromatic heterocycles. The molecule has 2 nitrogen and oxygen atoms in total. The van der Waals surface area contributed by atoms with Crippen molar-refractivity contribution >= 4 is 39.8 Å². The molecule has 1 rings (SSSR count). The Balaban J connectivity index is 2.89. The molecule has 1 aromatic rings. The third-order valence-corrected chi connectivity index (χ3v) is 3.67. The SMILES string of the molecule is CC(C)(C)[S@@](=O)N=Cc1cc(F)cc(I)c1. The zero-order valence-electron chi connectivity index (χ0n) is 9.33. The van der Waals surface area contributed by atoms with Gasteiger partial charge in [-0.25, -0.2) is 8.60 Å². The largest absolute Gasteiger partial charge is 0.234 e. The van der Waals surface area contributed by atoms with Crippen LogP contribution < -0.4 is 0 Å². The first-order chi connectivity index (χ1) is 7.29. The minimum absolute atomic E-state index is 0.310. The molecule has 0 fully saturated rings. The first kappa shape index (κ1) is 13.8. The fraction of sp³-hybridized carbons (Fsp3) is 0.364. The average Bonchev–Trinajstić information content (AvgIpc) is 2.11. The summed E-state index contributed by atoms with van der Waals surface area (Å²) in [5.74, 6) is -0.310. The van der Waals surface area contributed by atoms with Crippen molar-refractivity contribution in [3.63, 3.8) is 0 Å². The third-order valence-electron chi connectivity index (χ3n) is 1.71. The lowest BCUT2D eigenvalue weighted by molar-refractivity contribution is 0.626. The summed E-state index contributed by atoms with van der Waals surface area (Å²) in [6.45, 7) is 5.53. The molecule has 1 atom stereocenters. The van der Waals surface area contributed by atoms with Crippen molar-refractivity contribution in [1.82, 2.24) is 0 Å². The van der Waals surface area contributed by atoms with Crippen molar-refractivity contribution in [2.45, 2.75) is 25.5 Å². The maximum absolute atomic E-state index is 13.0. The Kier molecular flexibility index (Phi) is 4.61. The quantitative estimate of drug-likeness (QED) is 0.593. The molecular formula is C11H13FINOS. The van der Waals surface area contributed by atoms with E-state index in [0.717, 1.165) is 3.57 Å². The molecule has 0 aliphatic carbocycles. The molecule has 0 N–H and O–H groups in total. The standard InChI is InChI=1S/C11H13FINOS/c1-11(2,3)16(15)14-7-8-4-9(12)6-10(13)5-8/h4-7H,1-3H3/t16-/m1/s1. The average molecular weight is 353 g/mol. The highest BCUT2D eigenvalue weighted by Gasteiger charge is 2.18. The third kappa shape index (κ3) is 4.29. The predicted octanol–water partition coefficient (Wildman–Crippen LogP) is 3.31. The lowest BCUT2D eigenvalue weighted by Gasteiger charge is -2.12. The topological polar surface area (TPSA) is 29.4 Å². The number of halogens is 2. The van der Waals surface area contributed by atoms with Crippen molar-refractivity contribution < 1.29 is 8.60 Å². The van der Waals surface area contributed by atoms with Gasteiger partial charge in [-0.2, -0.15) is 4.40 Å². The highest BCUT2D eigenvalue weighted by atomic mass is 127. The second-order valence-electron chi connectivity index (χ2n) is 4.30. The van der Waals surface area contributed by atoms with Gasteiger partial charge in [0.15, 0.2) is 0 Å². The lowest BCUT2D eigenvalue weighted by Crippen LogP contribution is -2.19. The molecule has 0 saturated heterocycles. The molecule has 16 heavy (non-hydrogen) atoms. The molecule has 0 unspecified atom stereocenters. The van der Waals surface area contributed by atoms with Crippen molar-refractivity contribution in [1.29, 1.82) is 0 Å². The van der Waals surface area contributed by atoms with Crippen LogP contribution in [0, 0.1) is 9.39 Å². The van der Waals surface area contributed by atoms with Crippen LogP contribution in [0.5, 0.6) is 0 Å². The predicted molar refractivity (Wildman–Crippen MR) is 74.6 cm³/mol. The van der Waals surface area contributed by atoms with Gasteiger partial charge in [-0.1, -0.05) is 0 Å². The molecule has 0 bridgehead atoms. The lowest BCUT2D eigenvalue weighted by atomic mass is 10.2. The fourth-order valence-electron chi connectivity index (χ4n) is 0.917. The zero-order valence-corrected chi connectivity index (χ0v) is 12.3. The van der Waals surface area contributed by atoms with Gasteiger partial charge in [-0.15, -0.1) is 0 Å². The Morgan fingerprint density at radius 1 is 1.38 bits per heavy atom. The van der Waals surface area contributed by atoms with Crippen LogP contribution in [-0.2, 0) is 11.0 Å². The van der Waals surface area contributed by atoms with Crippen LogP contribution in [0.4, 0.5) is 4.39 Å². The Labute approximate surface area is 111 Å². The van der Waals surface area contributed by atoms with E-state index in [0.29, 0.717) is 5.56 Å². The number of hydrogen-bond acceptors (Lipinski definition) is 1. The summed E-state index contributed by atoms with van der Waals surface area (Å²) >= 11 is 2.03. The van der Waals surface area contributed by atoms with Gasteiger partial charge in [0.2, 0.25) is 0 Å². The van der Waals surface area contributed by atoms with Crippen LogP contribution in [0.15, 0.2) is 22.6 Å². The second-order valence-corrected chi connectivity index (χ2v) is 7.48. The van der Waals surface area contributed by atoms with E-state index in [-0.39, 0.29) is 5.82 Å². The molecule has 0 heterocycles. The van der Waals surface area contributed by atoms with E-state index in [4.69, 9.17) is 0 Å². The van der Waals surface area contributed by atoms with Crippen molar-refractivity contribution in [2.24, 2.45) is 4.40 Å². The van der Waals surface area contributed by atoms with Gasteiger partial charge < -0.3 is 0 Å². The summed E-state index contributed by atoms with van der Waals surface area (Å²) < 4.78 is 29.0. The minimum Gasteiger partial charge on any atom is -0.234 e. The van der Waals surface area contributed by atoms with E-state index in [1.165, 1.54) is 18.3 Å². The van der Waals surface area contributed by atoms with E-state index < -0.39 is 15.7 Å². The monoisotopic (exact) mass is 353 g/mol. The summed E-state index contributed by atoms with van der Waals surface area (Å²) in [5, 5.41) is 0. The molecular weight excluding hydrogens is 340 g/mol. The molecule has 88 valence electrons. The molecule has 5 heteroatoms. The van der Waals surface area contributed by atoms with E-state index >= 15 is 0 Å². The van der Waals surface area contributed by atoms with Gasteiger partial charge in [0.25, 0.3) is 0 Å². The molecule has 0 aliphatic heterocycles. The van der Waals surface area contributed by atoms with Gasteiger partial charge in [0.05, 0.1) is 4.75 Å². The van der Waals surface area contributed by atoms with Crippen LogP contribution >= 0.6 is 22.6 Å². The number of rotatable bonds is 2. The number of benzene rings is 1. The minimum atomic E-state index is -1.31. The molecule has 0 spiro atoms. The van der Waals surface area contributed by atoms with Crippen LogP contribution in [0.1, 0.15) is 26.3 Å². The summed E-state index contributed by atoms with van der Waals surface area (Å²) in [4.78, 5) is 0. The molecule has 0 aliphatic rings. The molecule has 0 radical (unpaired) electrons. The Morgan fingerprint density at radius 2 is 2.00 bits per heavy atom. The summed E-state index contributed by atoms with van der Waals surface area (Å²) in [6.07, 6.45) is 1.45. The van der Waals surface area contributed by atoms with Crippen LogP contribution in [0.25, 0.3) is 0 Å². The first-order valence-corrected chi connectivity index (χ1v) is 6.90. The van der Waals surface area contributed by atoms with Gasteiger partial charge in [0, 0.05) is 9.78 Å². The zero-order chi connectivity index (χ0) is 12.3. The highest BCUT2D eigenvalue weighted by molar-refractivity contribution is 14.1. The van der Waals surface area contributed by atoms with Gasteiger partial charge >= 0.3 is 0 Å². The van der Waals surface area contributed by atoms with Gasteiger partial charge in [0.1, 0.15) is 16.8 Å². The van der Waals surface area contributed by atoms with Crippen molar-refractivity contribution in [3.8, 4) is 0 Å². The van der Waals surface area contributed by atoms with E-state index in [2.05, 4.69) is 4.40 Å².